The first-order chi connectivity index (χ1) is 7.90. The quantitative estimate of drug-likeness (QED) is 0.763. The first-order valence-electron chi connectivity index (χ1n) is 5.70. The predicted molar refractivity (Wildman–Crippen MR) is 79.4 cm³/mol. The Morgan fingerprint density at radius 3 is 2.35 bits per heavy atom. The highest BCUT2D eigenvalue weighted by Gasteiger charge is 2.17. The molecule has 17 heavy (non-hydrogen) atoms. The van der Waals surface area contributed by atoms with Gasteiger partial charge in [0, 0.05) is 43.9 Å². The van der Waals surface area contributed by atoms with Gasteiger partial charge in [-0.3, -0.25) is 4.90 Å². The fourth-order valence-corrected chi connectivity index (χ4v) is 2.16. The fraction of sp³-hybridized carbons (Fsp3) is 0.636. The summed E-state index contributed by atoms with van der Waals surface area (Å²) in [6, 6.07) is 1.86. The molecule has 1 fully saturated rings. The molecule has 2 heterocycles. The van der Waals surface area contributed by atoms with Gasteiger partial charge in [-0.1, -0.05) is 15.9 Å². The third-order valence-electron chi connectivity index (χ3n) is 2.82. The largest absolute Gasteiger partial charge is 0.338 e. The summed E-state index contributed by atoms with van der Waals surface area (Å²) in [6.07, 6.45) is 4.83. The Labute approximate surface area is 121 Å². The number of hydrogen-bond donors (Lipinski definition) is 0. The summed E-state index contributed by atoms with van der Waals surface area (Å²) in [5.74, 6) is 0.864. The maximum Gasteiger partial charge on any atom is 0.225 e. The van der Waals surface area contributed by atoms with E-state index in [1.54, 1.807) is 12.4 Å². The molecule has 0 atom stereocenters. The van der Waals surface area contributed by atoms with Crippen molar-refractivity contribution in [2.24, 2.45) is 0 Å². The molecule has 1 aliphatic heterocycles. The Morgan fingerprint density at radius 1 is 1.12 bits per heavy atom. The van der Waals surface area contributed by atoms with Crippen molar-refractivity contribution >= 4 is 38.9 Å². The van der Waals surface area contributed by atoms with Crippen molar-refractivity contribution in [3.63, 3.8) is 0 Å². The standard InChI is InChI=1S/C11H17BrN4.BrH/c12-3-1-6-15-7-9-16(10-8-15)11-13-4-2-5-14-11;/h2,4-5H,1,3,6-10H2;1H. The average Bonchev–Trinajstić information content (AvgIpc) is 2.38. The molecular weight excluding hydrogens is 348 g/mol. The van der Waals surface area contributed by atoms with E-state index in [0.29, 0.717) is 0 Å². The molecule has 2 rings (SSSR count). The molecule has 96 valence electrons. The Balaban J connectivity index is 0.00000144. The summed E-state index contributed by atoms with van der Waals surface area (Å²) in [7, 11) is 0. The van der Waals surface area contributed by atoms with Crippen LogP contribution in [0.25, 0.3) is 0 Å². The molecule has 0 aromatic carbocycles. The van der Waals surface area contributed by atoms with Crippen molar-refractivity contribution in [3.8, 4) is 0 Å². The Kier molecular flexibility index (Phi) is 6.99. The molecule has 1 aromatic heterocycles. The van der Waals surface area contributed by atoms with Gasteiger partial charge in [-0.2, -0.15) is 0 Å². The molecule has 1 saturated heterocycles. The van der Waals surface area contributed by atoms with Gasteiger partial charge in [-0.15, -0.1) is 17.0 Å². The van der Waals surface area contributed by atoms with Crippen LogP contribution in [0.2, 0.25) is 0 Å². The summed E-state index contributed by atoms with van der Waals surface area (Å²) in [5.41, 5.74) is 0. The summed E-state index contributed by atoms with van der Waals surface area (Å²) < 4.78 is 0. The minimum atomic E-state index is 0. The van der Waals surface area contributed by atoms with Crippen LogP contribution in [0.5, 0.6) is 0 Å². The highest BCUT2D eigenvalue weighted by molar-refractivity contribution is 9.09. The van der Waals surface area contributed by atoms with E-state index in [4.69, 9.17) is 0 Å². The second-order valence-electron chi connectivity index (χ2n) is 3.92. The number of halogens is 2. The van der Waals surface area contributed by atoms with Crippen LogP contribution in [0.15, 0.2) is 18.5 Å². The summed E-state index contributed by atoms with van der Waals surface area (Å²) >= 11 is 3.47. The van der Waals surface area contributed by atoms with Crippen LogP contribution in [0.4, 0.5) is 5.95 Å². The number of alkyl halides is 1. The molecule has 0 radical (unpaired) electrons. The van der Waals surface area contributed by atoms with Gasteiger partial charge in [-0.25, -0.2) is 9.97 Å². The van der Waals surface area contributed by atoms with E-state index in [2.05, 4.69) is 35.7 Å². The van der Waals surface area contributed by atoms with Crippen LogP contribution in [-0.2, 0) is 0 Å². The highest BCUT2D eigenvalue weighted by Crippen LogP contribution is 2.09. The first kappa shape index (κ1) is 14.9. The normalized spacial score (nSPS) is 16.6. The van der Waals surface area contributed by atoms with Crippen LogP contribution >= 0.6 is 32.9 Å². The average molecular weight is 366 g/mol. The second-order valence-corrected chi connectivity index (χ2v) is 4.71. The fourth-order valence-electron chi connectivity index (χ4n) is 1.91. The Hall–Kier alpha value is -0.200. The van der Waals surface area contributed by atoms with E-state index < -0.39 is 0 Å². The molecule has 0 saturated carbocycles. The van der Waals surface area contributed by atoms with Crippen molar-refractivity contribution in [2.45, 2.75) is 6.42 Å². The smallest absolute Gasteiger partial charge is 0.225 e. The second kappa shape index (κ2) is 8.00. The zero-order chi connectivity index (χ0) is 11.2. The molecule has 0 unspecified atom stereocenters. The van der Waals surface area contributed by atoms with Crippen molar-refractivity contribution in [1.29, 1.82) is 0 Å². The summed E-state index contributed by atoms with van der Waals surface area (Å²) in [4.78, 5) is 13.3. The minimum Gasteiger partial charge on any atom is -0.338 e. The maximum atomic E-state index is 4.28. The van der Waals surface area contributed by atoms with E-state index in [0.717, 1.165) is 37.5 Å². The molecule has 4 nitrogen and oxygen atoms in total. The van der Waals surface area contributed by atoms with Crippen molar-refractivity contribution in [2.75, 3.05) is 43.0 Å². The molecular formula is C11H18Br2N4. The van der Waals surface area contributed by atoms with E-state index in [1.807, 2.05) is 6.07 Å². The minimum absolute atomic E-state index is 0. The number of rotatable bonds is 4. The van der Waals surface area contributed by atoms with E-state index >= 15 is 0 Å². The zero-order valence-corrected chi connectivity index (χ0v) is 13.1. The zero-order valence-electron chi connectivity index (χ0n) is 9.76. The highest BCUT2D eigenvalue weighted by atomic mass is 79.9. The monoisotopic (exact) mass is 364 g/mol. The number of hydrogen-bond acceptors (Lipinski definition) is 4. The first-order valence-corrected chi connectivity index (χ1v) is 6.82. The predicted octanol–water partition coefficient (Wildman–Crippen LogP) is 1.96. The Bertz CT molecular complexity index is 302. The lowest BCUT2D eigenvalue weighted by molar-refractivity contribution is 0.258. The van der Waals surface area contributed by atoms with Gasteiger partial charge in [-0.05, 0) is 19.0 Å². The summed E-state index contributed by atoms with van der Waals surface area (Å²) in [5, 5.41) is 1.09. The molecule has 0 amide bonds. The van der Waals surface area contributed by atoms with Crippen molar-refractivity contribution in [3.05, 3.63) is 18.5 Å². The van der Waals surface area contributed by atoms with Gasteiger partial charge in [0.05, 0.1) is 0 Å². The summed E-state index contributed by atoms with van der Waals surface area (Å²) in [6.45, 7) is 5.49. The number of anilines is 1. The third-order valence-corrected chi connectivity index (χ3v) is 3.38. The van der Waals surface area contributed by atoms with Gasteiger partial charge < -0.3 is 4.90 Å². The topological polar surface area (TPSA) is 32.3 Å². The Morgan fingerprint density at radius 2 is 1.76 bits per heavy atom. The van der Waals surface area contributed by atoms with Crippen LogP contribution in [0.3, 0.4) is 0 Å². The molecule has 0 N–H and O–H groups in total. The van der Waals surface area contributed by atoms with Crippen molar-refractivity contribution in [1.82, 2.24) is 14.9 Å². The van der Waals surface area contributed by atoms with Gasteiger partial charge in [0.15, 0.2) is 0 Å². The van der Waals surface area contributed by atoms with Gasteiger partial charge >= 0.3 is 0 Å². The molecule has 0 spiro atoms. The maximum absolute atomic E-state index is 4.28. The van der Waals surface area contributed by atoms with Crippen LogP contribution < -0.4 is 4.90 Å². The van der Waals surface area contributed by atoms with E-state index in [-0.39, 0.29) is 17.0 Å². The van der Waals surface area contributed by atoms with Gasteiger partial charge in [0.1, 0.15) is 0 Å². The molecule has 1 aliphatic rings. The van der Waals surface area contributed by atoms with Gasteiger partial charge in [0.2, 0.25) is 5.95 Å². The lowest BCUT2D eigenvalue weighted by Crippen LogP contribution is -2.47. The van der Waals surface area contributed by atoms with E-state index in [9.17, 15) is 0 Å². The number of piperazine rings is 1. The lowest BCUT2D eigenvalue weighted by Gasteiger charge is -2.34. The SMILES string of the molecule is Br.BrCCCN1CCN(c2ncccn2)CC1. The number of aromatic nitrogens is 2. The van der Waals surface area contributed by atoms with Crippen LogP contribution in [-0.4, -0.2) is 52.9 Å². The molecule has 0 aliphatic carbocycles. The van der Waals surface area contributed by atoms with E-state index in [1.165, 1.54) is 13.0 Å². The van der Waals surface area contributed by atoms with Crippen molar-refractivity contribution < 1.29 is 0 Å². The van der Waals surface area contributed by atoms with Crippen LogP contribution in [0, 0.1) is 0 Å². The van der Waals surface area contributed by atoms with Crippen LogP contribution in [0.1, 0.15) is 6.42 Å². The van der Waals surface area contributed by atoms with Gasteiger partial charge in [0.25, 0.3) is 0 Å². The number of nitrogens with zero attached hydrogens (tertiary/aromatic N) is 4. The molecule has 0 bridgehead atoms. The molecule has 6 heteroatoms. The molecule has 1 aromatic rings. The lowest BCUT2D eigenvalue weighted by atomic mass is 10.3. The third kappa shape index (κ3) is 4.52.